The van der Waals surface area contributed by atoms with Crippen molar-refractivity contribution in [1.82, 2.24) is 15.2 Å². The fraction of sp³-hybridized carbons (Fsp3) is 0.667. The number of hydrogen-bond donors (Lipinski definition) is 2. The zero-order chi connectivity index (χ0) is 13.7. The topological polar surface area (TPSA) is 48.4 Å². The molecule has 0 amide bonds. The molecule has 4 heteroatoms. The highest BCUT2D eigenvalue weighted by Gasteiger charge is 2.31. The summed E-state index contributed by atoms with van der Waals surface area (Å²) in [4.78, 5) is 6.59. The van der Waals surface area contributed by atoms with Gasteiger partial charge >= 0.3 is 0 Å². The summed E-state index contributed by atoms with van der Waals surface area (Å²) in [7, 11) is 0. The number of aliphatic hydroxyl groups is 1. The molecule has 1 atom stereocenters. The van der Waals surface area contributed by atoms with Gasteiger partial charge in [-0.15, -0.1) is 0 Å². The second-order valence-corrected chi connectivity index (χ2v) is 5.96. The van der Waals surface area contributed by atoms with E-state index in [1.165, 1.54) is 5.56 Å². The molecule has 1 aromatic heterocycles. The Bertz CT molecular complexity index is 380. The highest BCUT2D eigenvalue weighted by molar-refractivity contribution is 5.10. The molecule has 1 unspecified atom stereocenters. The highest BCUT2D eigenvalue weighted by atomic mass is 16.3. The molecule has 1 aliphatic rings. The summed E-state index contributed by atoms with van der Waals surface area (Å²) in [5.41, 5.74) is 1.48. The molecule has 0 radical (unpaired) electrons. The van der Waals surface area contributed by atoms with Crippen LogP contribution in [-0.2, 0) is 6.54 Å². The van der Waals surface area contributed by atoms with Crippen LogP contribution in [0.15, 0.2) is 24.5 Å². The third kappa shape index (κ3) is 4.00. The maximum absolute atomic E-state index is 9.15. The van der Waals surface area contributed by atoms with Gasteiger partial charge in [0, 0.05) is 43.7 Å². The van der Waals surface area contributed by atoms with Gasteiger partial charge in [-0.05, 0) is 50.9 Å². The summed E-state index contributed by atoms with van der Waals surface area (Å²) in [6, 6.07) is 4.54. The molecule has 1 aromatic rings. The van der Waals surface area contributed by atoms with Gasteiger partial charge in [-0.1, -0.05) is 0 Å². The smallest absolute Gasteiger partial charge is 0.0446 e. The van der Waals surface area contributed by atoms with Gasteiger partial charge in [-0.2, -0.15) is 0 Å². The molecule has 0 bridgehead atoms. The van der Waals surface area contributed by atoms with Crippen molar-refractivity contribution in [3.63, 3.8) is 0 Å². The zero-order valence-electron chi connectivity index (χ0n) is 12.0. The number of aliphatic hydroxyl groups excluding tert-OH is 1. The van der Waals surface area contributed by atoms with E-state index in [2.05, 4.69) is 41.2 Å². The minimum Gasteiger partial charge on any atom is -0.396 e. The van der Waals surface area contributed by atoms with Crippen molar-refractivity contribution in [2.24, 2.45) is 0 Å². The lowest BCUT2D eigenvalue weighted by molar-refractivity contribution is 0.106. The van der Waals surface area contributed by atoms with Crippen molar-refractivity contribution < 1.29 is 5.11 Å². The molecule has 106 valence electrons. The van der Waals surface area contributed by atoms with Crippen molar-refractivity contribution in [2.45, 2.75) is 44.8 Å². The first-order valence-corrected chi connectivity index (χ1v) is 7.10. The molecule has 0 saturated carbocycles. The number of rotatable bonds is 4. The number of pyridine rings is 1. The third-order valence-corrected chi connectivity index (χ3v) is 4.07. The molecular formula is C15H25N3O. The Morgan fingerprint density at radius 1 is 1.42 bits per heavy atom. The van der Waals surface area contributed by atoms with Crippen molar-refractivity contribution in [3.8, 4) is 0 Å². The minimum atomic E-state index is 0.181. The molecule has 2 N–H and O–H groups in total. The molecule has 0 aliphatic carbocycles. The van der Waals surface area contributed by atoms with Crippen LogP contribution in [0, 0.1) is 0 Å². The van der Waals surface area contributed by atoms with Crippen molar-refractivity contribution in [3.05, 3.63) is 30.1 Å². The second-order valence-electron chi connectivity index (χ2n) is 5.96. The molecule has 1 fully saturated rings. The SMILES string of the molecule is CC1(C)CCNC(CCO)CN1Cc1ccncc1. The van der Waals surface area contributed by atoms with Gasteiger partial charge in [0.05, 0.1) is 0 Å². The van der Waals surface area contributed by atoms with E-state index in [1.807, 2.05) is 12.4 Å². The lowest BCUT2D eigenvalue weighted by atomic mass is 9.97. The summed E-state index contributed by atoms with van der Waals surface area (Å²) in [6.07, 6.45) is 5.65. The van der Waals surface area contributed by atoms with Crippen LogP contribution in [0.3, 0.4) is 0 Å². The average Bonchev–Trinajstić information content (AvgIpc) is 2.51. The molecule has 0 spiro atoms. The van der Waals surface area contributed by atoms with Crippen LogP contribution in [0.25, 0.3) is 0 Å². The summed E-state index contributed by atoms with van der Waals surface area (Å²) in [5, 5.41) is 12.7. The van der Waals surface area contributed by atoms with Crippen LogP contribution in [0.1, 0.15) is 32.3 Å². The van der Waals surface area contributed by atoms with Crippen LogP contribution in [0.2, 0.25) is 0 Å². The first-order chi connectivity index (χ1) is 9.12. The standard InChI is InChI=1S/C15H25N3O/c1-15(2)6-9-17-14(5-10-19)12-18(15)11-13-3-7-16-8-4-13/h3-4,7-8,14,17,19H,5-6,9-12H2,1-2H3. The third-order valence-electron chi connectivity index (χ3n) is 4.07. The summed E-state index contributed by atoms with van der Waals surface area (Å²) < 4.78 is 0. The van der Waals surface area contributed by atoms with E-state index in [0.717, 1.165) is 32.5 Å². The molecule has 0 aromatic carbocycles. The normalized spacial score (nSPS) is 24.1. The lowest BCUT2D eigenvalue weighted by Crippen LogP contribution is -2.46. The first kappa shape index (κ1) is 14.4. The summed E-state index contributed by atoms with van der Waals surface area (Å²) >= 11 is 0. The maximum Gasteiger partial charge on any atom is 0.0446 e. The molecular weight excluding hydrogens is 238 g/mol. The lowest BCUT2D eigenvalue weighted by Gasteiger charge is -2.38. The molecule has 1 aliphatic heterocycles. The van der Waals surface area contributed by atoms with Crippen molar-refractivity contribution in [1.29, 1.82) is 0 Å². The minimum absolute atomic E-state index is 0.181. The number of aromatic nitrogens is 1. The Morgan fingerprint density at radius 3 is 2.84 bits per heavy atom. The van der Waals surface area contributed by atoms with E-state index < -0.39 is 0 Å². The maximum atomic E-state index is 9.15. The van der Waals surface area contributed by atoms with Crippen LogP contribution in [0.5, 0.6) is 0 Å². The highest BCUT2D eigenvalue weighted by Crippen LogP contribution is 2.24. The van der Waals surface area contributed by atoms with Crippen LogP contribution < -0.4 is 5.32 Å². The summed E-state index contributed by atoms with van der Waals surface area (Å²) in [6.45, 7) is 7.80. The summed E-state index contributed by atoms with van der Waals surface area (Å²) in [5.74, 6) is 0. The monoisotopic (exact) mass is 263 g/mol. The van der Waals surface area contributed by atoms with Crippen LogP contribution in [0.4, 0.5) is 0 Å². The van der Waals surface area contributed by atoms with E-state index in [0.29, 0.717) is 6.04 Å². The molecule has 1 saturated heterocycles. The molecule has 2 heterocycles. The van der Waals surface area contributed by atoms with E-state index >= 15 is 0 Å². The van der Waals surface area contributed by atoms with Gasteiger partial charge in [0.15, 0.2) is 0 Å². The molecule has 19 heavy (non-hydrogen) atoms. The van der Waals surface area contributed by atoms with Gasteiger partial charge in [0.2, 0.25) is 0 Å². The van der Waals surface area contributed by atoms with Gasteiger partial charge in [0.1, 0.15) is 0 Å². The van der Waals surface area contributed by atoms with Crippen LogP contribution in [-0.4, -0.2) is 46.3 Å². The van der Waals surface area contributed by atoms with Crippen molar-refractivity contribution >= 4 is 0 Å². The van der Waals surface area contributed by atoms with Gasteiger partial charge in [-0.25, -0.2) is 0 Å². The second kappa shape index (κ2) is 6.46. The van der Waals surface area contributed by atoms with Gasteiger partial charge in [-0.3, -0.25) is 9.88 Å². The Morgan fingerprint density at radius 2 is 2.16 bits per heavy atom. The van der Waals surface area contributed by atoms with Crippen LogP contribution >= 0.6 is 0 Å². The first-order valence-electron chi connectivity index (χ1n) is 7.10. The molecule has 2 rings (SSSR count). The largest absolute Gasteiger partial charge is 0.396 e. The Balaban J connectivity index is 2.08. The fourth-order valence-corrected chi connectivity index (χ4v) is 2.65. The van der Waals surface area contributed by atoms with Crippen molar-refractivity contribution in [2.75, 3.05) is 19.7 Å². The van der Waals surface area contributed by atoms with Gasteiger partial charge < -0.3 is 10.4 Å². The quantitative estimate of drug-likeness (QED) is 0.862. The predicted octanol–water partition coefficient (Wildman–Crippen LogP) is 1.41. The average molecular weight is 263 g/mol. The van der Waals surface area contributed by atoms with Gasteiger partial charge in [0.25, 0.3) is 0 Å². The number of nitrogens with zero attached hydrogens (tertiary/aromatic N) is 2. The van der Waals surface area contributed by atoms with E-state index in [1.54, 1.807) is 0 Å². The zero-order valence-corrected chi connectivity index (χ0v) is 12.0. The number of hydrogen-bond acceptors (Lipinski definition) is 4. The van der Waals surface area contributed by atoms with E-state index in [9.17, 15) is 0 Å². The fourth-order valence-electron chi connectivity index (χ4n) is 2.65. The van der Waals surface area contributed by atoms with E-state index in [-0.39, 0.29) is 12.1 Å². The molecule has 4 nitrogen and oxygen atoms in total. The predicted molar refractivity (Wildman–Crippen MR) is 76.8 cm³/mol. The Hall–Kier alpha value is -0.970. The Kier molecular flexibility index (Phi) is 4.91. The van der Waals surface area contributed by atoms with E-state index in [4.69, 9.17) is 5.11 Å². The Labute approximate surface area is 115 Å². The number of nitrogens with one attached hydrogen (secondary N) is 1.